The number of rotatable bonds is 3. The van der Waals surface area contributed by atoms with Gasteiger partial charge in [0.2, 0.25) is 5.82 Å². The van der Waals surface area contributed by atoms with Gasteiger partial charge in [-0.05, 0) is 30.5 Å². The second-order valence-electron chi connectivity index (χ2n) is 8.13. The summed E-state index contributed by atoms with van der Waals surface area (Å²) in [6, 6.07) is 15.6. The summed E-state index contributed by atoms with van der Waals surface area (Å²) in [5.41, 5.74) is 1.44. The lowest BCUT2D eigenvalue weighted by Gasteiger charge is -2.37. The Morgan fingerprint density at radius 2 is 1.87 bits per heavy atom. The lowest BCUT2D eigenvalue weighted by Crippen LogP contribution is -2.47. The number of carbonyl (C=O) groups excluding carboxylic acids is 2. The molecule has 2 atom stereocenters. The van der Waals surface area contributed by atoms with E-state index in [1.807, 2.05) is 33.7 Å². The topological polar surface area (TPSA) is 93.0 Å². The molecule has 2 aliphatic rings. The predicted molar refractivity (Wildman–Crippen MR) is 114 cm³/mol. The molecule has 0 spiro atoms. The van der Waals surface area contributed by atoms with Crippen molar-refractivity contribution < 1.29 is 9.59 Å². The Bertz CT molecular complexity index is 1110. The first-order chi connectivity index (χ1) is 15.1. The Hall–Kier alpha value is -3.55. The third-order valence-electron chi connectivity index (χ3n) is 6.71. The van der Waals surface area contributed by atoms with Crippen LogP contribution in [0.3, 0.4) is 0 Å². The van der Waals surface area contributed by atoms with E-state index < -0.39 is 0 Å². The molecule has 0 unspecified atom stereocenters. The van der Waals surface area contributed by atoms with Crippen LogP contribution in [0.4, 0.5) is 0 Å². The molecule has 4 heterocycles. The Kier molecular flexibility index (Phi) is 4.77. The van der Waals surface area contributed by atoms with Crippen molar-refractivity contribution in [3.63, 3.8) is 0 Å². The molecule has 8 nitrogen and oxygen atoms in total. The van der Waals surface area contributed by atoms with Gasteiger partial charge in [-0.2, -0.15) is 0 Å². The van der Waals surface area contributed by atoms with Gasteiger partial charge in [0, 0.05) is 38.2 Å². The number of amides is 2. The molecule has 1 saturated heterocycles. The minimum absolute atomic E-state index is 0.0820. The number of aryl methyl sites for hydroxylation is 1. The van der Waals surface area contributed by atoms with Gasteiger partial charge >= 0.3 is 0 Å². The summed E-state index contributed by atoms with van der Waals surface area (Å²) in [4.78, 5) is 32.1. The van der Waals surface area contributed by atoms with E-state index in [0.717, 1.165) is 18.7 Å². The zero-order valence-electron chi connectivity index (χ0n) is 17.4. The fourth-order valence-corrected chi connectivity index (χ4v) is 5.14. The maximum atomic E-state index is 13.5. The van der Waals surface area contributed by atoms with Gasteiger partial charge < -0.3 is 14.8 Å². The van der Waals surface area contributed by atoms with Crippen molar-refractivity contribution in [2.45, 2.75) is 37.3 Å². The second kappa shape index (κ2) is 7.61. The van der Waals surface area contributed by atoms with Crippen molar-refractivity contribution in [2.24, 2.45) is 0 Å². The first-order valence-electron chi connectivity index (χ1n) is 10.6. The van der Waals surface area contributed by atoms with Crippen LogP contribution in [0.25, 0.3) is 0 Å². The van der Waals surface area contributed by atoms with E-state index in [-0.39, 0.29) is 23.3 Å². The van der Waals surface area contributed by atoms with Crippen LogP contribution in [-0.2, 0) is 18.4 Å². The van der Waals surface area contributed by atoms with Crippen molar-refractivity contribution in [1.82, 2.24) is 30.0 Å². The van der Waals surface area contributed by atoms with E-state index in [1.165, 1.54) is 5.56 Å². The summed E-state index contributed by atoms with van der Waals surface area (Å²) in [6.45, 7) is 1.11. The number of benzene rings is 1. The highest BCUT2D eigenvalue weighted by Crippen LogP contribution is 2.46. The van der Waals surface area contributed by atoms with Gasteiger partial charge in [0.15, 0.2) is 0 Å². The highest BCUT2D eigenvalue weighted by molar-refractivity contribution is 5.93. The number of fused-ring (bicyclic) bond motifs is 2. The van der Waals surface area contributed by atoms with Crippen LogP contribution < -0.4 is 5.32 Å². The standard InChI is InChI=1S/C23H24N6O2/c1-24-21(30)20-27-26-19-10-11-23(16-7-3-2-4-8-16)12-14-28(18(23)15-29(19)20)22(31)17-9-5-6-13-25-17/h2-9,13,18H,10-12,14-15H2,1H3,(H,24,30)/t18-,23+/m0/s1. The van der Waals surface area contributed by atoms with Gasteiger partial charge in [0.1, 0.15) is 11.5 Å². The van der Waals surface area contributed by atoms with E-state index in [4.69, 9.17) is 0 Å². The molecule has 31 heavy (non-hydrogen) atoms. The Morgan fingerprint density at radius 3 is 2.61 bits per heavy atom. The molecule has 2 aliphatic heterocycles. The Balaban J connectivity index is 1.61. The number of pyridine rings is 1. The van der Waals surface area contributed by atoms with Gasteiger partial charge in [-0.1, -0.05) is 36.4 Å². The van der Waals surface area contributed by atoms with Crippen molar-refractivity contribution in [2.75, 3.05) is 13.6 Å². The summed E-state index contributed by atoms with van der Waals surface area (Å²) >= 11 is 0. The van der Waals surface area contributed by atoms with Crippen molar-refractivity contribution in [3.05, 3.63) is 77.6 Å². The molecule has 0 saturated carbocycles. The molecule has 5 rings (SSSR count). The number of hydrogen-bond donors (Lipinski definition) is 1. The van der Waals surface area contributed by atoms with E-state index in [2.05, 4.69) is 32.6 Å². The first kappa shape index (κ1) is 19.4. The number of likely N-dealkylation sites (tertiary alicyclic amines) is 1. The highest BCUT2D eigenvalue weighted by atomic mass is 16.2. The maximum absolute atomic E-state index is 13.5. The minimum Gasteiger partial charge on any atom is -0.352 e. The average molecular weight is 416 g/mol. The molecule has 158 valence electrons. The fraction of sp³-hybridized carbons (Fsp3) is 0.348. The average Bonchev–Trinajstić information content (AvgIpc) is 3.36. The molecule has 2 aromatic heterocycles. The van der Waals surface area contributed by atoms with Gasteiger partial charge in [-0.25, -0.2) is 0 Å². The van der Waals surface area contributed by atoms with Gasteiger partial charge in [-0.3, -0.25) is 14.6 Å². The quantitative estimate of drug-likeness (QED) is 0.703. The van der Waals surface area contributed by atoms with Crippen LogP contribution >= 0.6 is 0 Å². The monoisotopic (exact) mass is 416 g/mol. The molecular formula is C23H24N6O2. The van der Waals surface area contributed by atoms with Crippen LogP contribution in [-0.4, -0.2) is 56.1 Å². The summed E-state index contributed by atoms with van der Waals surface area (Å²) in [5, 5.41) is 11.1. The molecule has 1 aromatic carbocycles. The number of nitrogens with one attached hydrogen (secondary N) is 1. The van der Waals surface area contributed by atoms with Crippen LogP contribution in [0.15, 0.2) is 54.7 Å². The molecule has 1 N–H and O–H groups in total. The number of aromatic nitrogens is 4. The maximum Gasteiger partial charge on any atom is 0.288 e. The molecule has 8 heteroatoms. The van der Waals surface area contributed by atoms with Gasteiger partial charge in [-0.15, -0.1) is 10.2 Å². The molecule has 1 fully saturated rings. The predicted octanol–water partition coefficient (Wildman–Crippen LogP) is 1.83. The van der Waals surface area contributed by atoms with Crippen LogP contribution in [0.1, 0.15) is 45.3 Å². The molecular weight excluding hydrogens is 392 g/mol. The highest BCUT2D eigenvalue weighted by Gasteiger charge is 2.52. The third kappa shape index (κ3) is 3.10. The summed E-state index contributed by atoms with van der Waals surface area (Å²) in [6.07, 6.45) is 4.02. The van der Waals surface area contributed by atoms with Crippen molar-refractivity contribution in [1.29, 1.82) is 0 Å². The largest absolute Gasteiger partial charge is 0.352 e. The summed E-state index contributed by atoms with van der Waals surface area (Å²) in [7, 11) is 1.58. The van der Waals surface area contributed by atoms with Gasteiger partial charge in [0.05, 0.1) is 6.04 Å². The van der Waals surface area contributed by atoms with Crippen molar-refractivity contribution in [3.8, 4) is 0 Å². The summed E-state index contributed by atoms with van der Waals surface area (Å²) in [5.74, 6) is 0.722. The van der Waals surface area contributed by atoms with Gasteiger partial charge in [0.25, 0.3) is 11.8 Å². The lowest BCUT2D eigenvalue weighted by atomic mass is 9.71. The number of hydrogen-bond acceptors (Lipinski definition) is 5. The van der Waals surface area contributed by atoms with Crippen LogP contribution in [0.2, 0.25) is 0 Å². The van der Waals surface area contributed by atoms with E-state index in [9.17, 15) is 9.59 Å². The van der Waals surface area contributed by atoms with Crippen molar-refractivity contribution >= 4 is 11.8 Å². The SMILES string of the molecule is CNC(=O)c1nnc2n1C[C@@H]1N(C(=O)c3ccccn3)CC[C@@]1(c1ccccc1)CC2. The zero-order valence-corrected chi connectivity index (χ0v) is 17.4. The smallest absolute Gasteiger partial charge is 0.288 e. The molecule has 3 aromatic rings. The number of carbonyl (C=O) groups is 2. The summed E-state index contributed by atoms with van der Waals surface area (Å²) < 4.78 is 1.89. The first-order valence-corrected chi connectivity index (χ1v) is 10.6. The Labute approximate surface area is 180 Å². The zero-order chi connectivity index (χ0) is 21.4. The second-order valence-corrected chi connectivity index (χ2v) is 8.13. The molecule has 0 radical (unpaired) electrons. The van der Waals surface area contributed by atoms with Crippen LogP contribution in [0.5, 0.6) is 0 Å². The van der Waals surface area contributed by atoms with Crippen LogP contribution in [0, 0.1) is 0 Å². The lowest BCUT2D eigenvalue weighted by molar-refractivity contribution is 0.0682. The van der Waals surface area contributed by atoms with E-state index in [0.29, 0.717) is 31.0 Å². The molecule has 0 aliphatic carbocycles. The molecule has 0 bridgehead atoms. The fourth-order valence-electron chi connectivity index (χ4n) is 5.14. The Morgan fingerprint density at radius 1 is 1.06 bits per heavy atom. The minimum atomic E-state index is -0.272. The third-order valence-corrected chi connectivity index (χ3v) is 6.71. The van der Waals surface area contributed by atoms with E-state index in [1.54, 1.807) is 25.4 Å². The molecule has 2 amide bonds. The van der Waals surface area contributed by atoms with E-state index >= 15 is 0 Å². The number of nitrogens with zero attached hydrogens (tertiary/aromatic N) is 5. The normalized spacial score (nSPS) is 22.4.